The van der Waals surface area contributed by atoms with E-state index in [0.29, 0.717) is 0 Å². The Hall–Kier alpha value is -1.13. The molecule has 0 heterocycles. The predicted octanol–water partition coefficient (Wildman–Crippen LogP) is 1.43. The molecule has 0 rings (SSSR count). The highest BCUT2D eigenvalue weighted by Crippen LogP contribution is 2.12. The van der Waals surface area contributed by atoms with E-state index in [1.54, 1.807) is 19.1 Å². The minimum absolute atomic E-state index is 0.214. The lowest BCUT2D eigenvalue weighted by Crippen LogP contribution is -2.22. The Morgan fingerprint density at radius 2 is 1.94 bits per heavy atom. The molecule has 0 fully saturated rings. The molecule has 4 heteroatoms. The van der Waals surface area contributed by atoms with Crippen LogP contribution in [0.1, 0.15) is 27.2 Å². The number of methoxy groups -OCH3 is 1. The Bertz CT molecular complexity index is 290. The van der Waals surface area contributed by atoms with Gasteiger partial charge in [-0.1, -0.05) is 24.6 Å². The molecule has 98 valence electrons. The lowest BCUT2D eigenvalue weighted by Gasteiger charge is -2.17. The first kappa shape index (κ1) is 15.9. The summed E-state index contributed by atoms with van der Waals surface area (Å²) >= 11 is 0. The van der Waals surface area contributed by atoms with Crippen molar-refractivity contribution in [1.29, 1.82) is 0 Å². The summed E-state index contributed by atoms with van der Waals surface area (Å²) in [5, 5.41) is 19.4. The Morgan fingerprint density at radius 1 is 1.35 bits per heavy atom. The van der Waals surface area contributed by atoms with Gasteiger partial charge < -0.3 is 14.9 Å². The summed E-state index contributed by atoms with van der Waals surface area (Å²) in [5.41, 5.74) is 1.00. The average Bonchev–Trinajstić information content (AvgIpc) is 2.23. The van der Waals surface area contributed by atoms with Gasteiger partial charge in [0.2, 0.25) is 0 Å². The second-order valence-corrected chi connectivity index (χ2v) is 4.36. The van der Waals surface area contributed by atoms with Crippen LogP contribution in [0, 0.1) is 5.92 Å². The van der Waals surface area contributed by atoms with Gasteiger partial charge in [0.25, 0.3) is 0 Å². The van der Waals surface area contributed by atoms with Crippen molar-refractivity contribution in [3.8, 4) is 0 Å². The van der Waals surface area contributed by atoms with E-state index in [1.165, 1.54) is 13.2 Å². The number of carbonyl (C=O) groups excluding carboxylic acids is 1. The van der Waals surface area contributed by atoms with Gasteiger partial charge in [-0.3, -0.25) is 0 Å². The third-order valence-corrected chi connectivity index (χ3v) is 2.35. The molecule has 0 aliphatic carbocycles. The number of aliphatic hydroxyl groups excluding tert-OH is 2. The fourth-order valence-corrected chi connectivity index (χ4v) is 1.34. The zero-order chi connectivity index (χ0) is 13.4. The summed E-state index contributed by atoms with van der Waals surface area (Å²) in [6, 6.07) is 0. The van der Waals surface area contributed by atoms with Crippen molar-refractivity contribution < 1.29 is 19.7 Å². The summed E-state index contributed by atoms with van der Waals surface area (Å²) in [6.07, 6.45) is 3.44. The lowest BCUT2D eigenvalue weighted by atomic mass is 9.98. The quantitative estimate of drug-likeness (QED) is 0.420. The van der Waals surface area contributed by atoms with Crippen molar-refractivity contribution in [2.24, 2.45) is 5.92 Å². The first-order valence-corrected chi connectivity index (χ1v) is 5.64. The maximum absolute atomic E-state index is 10.9. The molecule has 0 amide bonds. The van der Waals surface area contributed by atoms with Crippen LogP contribution in [0.2, 0.25) is 0 Å². The molecular weight excluding hydrogens is 220 g/mol. The Morgan fingerprint density at radius 3 is 2.41 bits per heavy atom. The monoisotopic (exact) mass is 242 g/mol. The summed E-state index contributed by atoms with van der Waals surface area (Å²) in [6.45, 7) is 5.55. The third-order valence-electron chi connectivity index (χ3n) is 2.35. The van der Waals surface area contributed by atoms with Gasteiger partial charge in [-0.05, 0) is 13.8 Å². The molecule has 0 aromatic carbocycles. The van der Waals surface area contributed by atoms with E-state index in [4.69, 9.17) is 0 Å². The second-order valence-electron chi connectivity index (χ2n) is 4.36. The molecule has 17 heavy (non-hydrogen) atoms. The first-order valence-electron chi connectivity index (χ1n) is 5.64. The van der Waals surface area contributed by atoms with Gasteiger partial charge >= 0.3 is 5.97 Å². The van der Waals surface area contributed by atoms with E-state index in [9.17, 15) is 15.0 Å². The molecule has 0 aromatic heterocycles. The van der Waals surface area contributed by atoms with Gasteiger partial charge in [-0.2, -0.15) is 0 Å². The van der Waals surface area contributed by atoms with Crippen LogP contribution in [-0.2, 0) is 9.53 Å². The Balaban J connectivity index is 4.22. The molecule has 2 N–H and O–H groups in total. The highest BCUT2D eigenvalue weighted by Gasteiger charge is 2.15. The molecule has 0 saturated heterocycles. The van der Waals surface area contributed by atoms with E-state index in [1.807, 2.05) is 13.8 Å². The van der Waals surface area contributed by atoms with Crippen molar-refractivity contribution in [3.05, 3.63) is 23.8 Å². The van der Waals surface area contributed by atoms with E-state index in [0.717, 1.165) is 5.57 Å². The van der Waals surface area contributed by atoms with E-state index in [-0.39, 0.29) is 12.3 Å². The number of ether oxygens (including phenoxy) is 1. The van der Waals surface area contributed by atoms with Gasteiger partial charge in [-0.25, -0.2) is 4.79 Å². The maximum atomic E-state index is 10.9. The molecule has 0 radical (unpaired) electrons. The minimum atomic E-state index is -0.693. The maximum Gasteiger partial charge on any atom is 0.330 e. The van der Waals surface area contributed by atoms with Gasteiger partial charge in [0.05, 0.1) is 19.3 Å². The number of allylic oxidation sites excluding steroid dienone is 1. The van der Waals surface area contributed by atoms with Crippen LogP contribution >= 0.6 is 0 Å². The molecule has 0 unspecified atom stereocenters. The Labute approximate surface area is 103 Å². The normalized spacial score (nSPS) is 16.4. The van der Waals surface area contributed by atoms with Gasteiger partial charge in [0, 0.05) is 18.4 Å². The van der Waals surface area contributed by atoms with Crippen LogP contribution in [-0.4, -0.2) is 35.5 Å². The van der Waals surface area contributed by atoms with Crippen LogP contribution in [0.15, 0.2) is 23.8 Å². The van der Waals surface area contributed by atoms with Crippen LogP contribution in [0.3, 0.4) is 0 Å². The smallest absolute Gasteiger partial charge is 0.330 e. The van der Waals surface area contributed by atoms with Crippen molar-refractivity contribution in [2.75, 3.05) is 7.11 Å². The van der Waals surface area contributed by atoms with E-state index >= 15 is 0 Å². The number of hydrogen-bond acceptors (Lipinski definition) is 4. The minimum Gasteiger partial charge on any atom is -0.466 e. The summed E-state index contributed by atoms with van der Waals surface area (Å²) < 4.78 is 4.45. The summed E-state index contributed by atoms with van der Waals surface area (Å²) in [5.74, 6) is -0.664. The molecule has 4 nitrogen and oxygen atoms in total. The SMILES string of the molecule is COC(=O)/C=C/[C@@H](C)[C@@H](O)C[C@H](O)C=C(C)C. The average molecular weight is 242 g/mol. The van der Waals surface area contributed by atoms with Gasteiger partial charge in [-0.15, -0.1) is 0 Å². The highest BCUT2D eigenvalue weighted by molar-refractivity contribution is 5.81. The molecule has 3 atom stereocenters. The molecule has 0 aliphatic rings. The largest absolute Gasteiger partial charge is 0.466 e. The second kappa shape index (κ2) is 8.03. The van der Waals surface area contributed by atoms with Crippen molar-refractivity contribution in [3.63, 3.8) is 0 Å². The fourth-order valence-electron chi connectivity index (χ4n) is 1.34. The number of aliphatic hydroxyl groups is 2. The van der Waals surface area contributed by atoms with Crippen LogP contribution < -0.4 is 0 Å². The Kier molecular flexibility index (Phi) is 7.50. The third kappa shape index (κ3) is 7.71. The summed E-state index contributed by atoms with van der Waals surface area (Å²) in [4.78, 5) is 10.9. The highest BCUT2D eigenvalue weighted by atomic mass is 16.5. The first-order chi connectivity index (χ1) is 7.86. The molecule has 0 bridgehead atoms. The van der Waals surface area contributed by atoms with Crippen molar-refractivity contribution >= 4 is 5.97 Å². The van der Waals surface area contributed by atoms with E-state index < -0.39 is 18.2 Å². The van der Waals surface area contributed by atoms with Crippen LogP contribution in [0.4, 0.5) is 0 Å². The number of carbonyl (C=O) groups is 1. The lowest BCUT2D eigenvalue weighted by molar-refractivity contribution is -0.134. The van der Waals surface area contributed by atoms with Crippen LogP contribution in [0.5, 0.6) is 0 Å². The topological polar surface area (TPSA) is 66.8 Å². The van der Waals surface area contributed by atoms with Crippen molar-refractivity contribution in [2.45, 2.75) is 39.4 Å². The van der Waals surface area contributed by atoms with E-state index in [2.05, 4.69) is 4.74 Å². The molecular formula is C13H22O4. The van der Waals surface area contributed by atoms with Gasteiger partial charge in [0.15, 0.2) is 0 Å². The van der Waals surface area contributed by atoms with Gasteiger partial charge in [0.1, 0.15) is 0 Å². The molecule has 0 saturated carbocycles. The zero-order valence-corrected chi connectivity index (χ0v) is 10.9. The van der Waals surface area contributed by atoms with Crippen molar-refractivity contribution in [1.82, 2.24) is 0 Å². The number of hydrogen-bond donors (Lipinski definition) is 2. The fraction of sp³-hybridized carbons (Fsp3) is 0.615. The molecule has 0 spiro atoms. The molecule has 0 aromatic rings. The standard InChI is InChI=1S/C13H22O4/c1-9(2)7-11(14)8-12(15)10(3)5-6-13(16)17-4/h5-7,10-12,14-15H,8H2,1-4H3/b6-5+/t10-,11-,12+/m1/s1. The zero-order valence-electron chi connectivity index (χ0n) is 10.9. The number of rotatable bonds is 6. The molecule has 0 aliphatic heterocycles. The number of esters is 1. The summed E-state index contributed by atoms with van der Waals surface area (Å²) in [7, 11) is 1.30. The predicted molar refractivity (Wildman–Crippen MR) is 66.4 cm³/mol. The van der Waals surface area contributed by atoms with Crippen LogP contribution in [0.25, 0.3) is 0 Å².